The van der Waals surface area contributed by atoms with Gasteiger partial charge in [0, 0.05) is 49.7 Å². The first-order valence-corrected chi connectivity index (χ1v) is 8.71. The highest BCUT2D eigenvalue weighted by Crippen LogP contribution is 2.25. The fourth-order valence-corrected chi connectivity index (χ4v) is 3.69. The number of anilines is 1. The number of hydrogen-bond acceptors (Lipinski definition) is 6. The van der Waals surface area contributed by atoms with Gasteiger partial charge in [-0.1, -0.05) is 18.2 Å². The Morgan fingerprint density at radius 2 is 2.04 bits per heavy atom. The van der Waals surface area contributed by atoms with Gasteiger partial charge in [0.05, 0.1) is 0 Å². The third-order valence-electron chi connectivity index (χ3n) is 4.27. The molecule has 1 atom stereocenters. The Balaban J connectivity index is 1.37. The van der Waals surface area contributed by atoms with Crippen LogP contribution >= 0.6 is 11.3 Å². The Morgan fingerprint density at radius 3 is 2.78 bits per heavy atom. The van der Waals surface area contributed by atoms with Crippen molar-refractivity contribution in [1.82, 2.24) is 9.88 Å². The van der Waals surface area contributed by atoms with Crippen molar-refractivity contribution in [2.24, 2.45) is 0 Å². The zero-order valence-corrected chi connectivity index (χ0v) is 13.6. The topological polar surface area (TPSA) is 52.7 Å². The van der Waals surface area contributed by atoms with Crippen molar-refractivity contribution in [2.75, 3.05) is 37.6 Å². The predicted molar refractivity (Wildman–Crippen MR) is 91.9 cm³/mol. The molecule has 1 fully saturated rings. The number of hydrogen-bond donors (Lipinski definition) is 1. The molecule has 1 N–H and O–H groups in total. The van der Waals surface area contributed by atoms with E-state index in [2.05, 4.69) is 14.8 Å². The number of aliphatic hydroxyl groups is 1. The van der Waals surface area contributed by atoms with Gasteiger partial charge in [-0.2, -0.15) is 0 Å². The number of β-amino-alcohol motifs (C(OH)–C–C–N with tert-alkyl or cyclic N) is 1. The maximum Gasteiger partial charge on any atom is 0.185 e. The summed E-state index contributed by atoms with van der Waals surface area (Å²) in [5.74, 6) is 0.647. The third-order valence-corrected chi connectivity index (χ3v) is 5.10. The van der Waals surface area contributed by atoms with Crippen LogP contribution in [0.1, 0.15) is 11.9 Å². The van der Waals surface area contributed by atoms with Crippen LogP contribution in [0.2, 0.25) is 0 Å². The zero-order valence-electron chi connectivity index (χ0n) is 12.8. The molecule has 0 saturated carbocycles. The molecule has 5 nitrogen and oxygen atoms in total. The predicted octanol–water partition coefficient (Wildman–Crippen LogP) is 2.74. The molecule has 0 amide bonds. The van der Waals surface area contributed by atoms with Gasteiger partial charge in [0.1, 0.15) is 17.4 Å². The highest BCUT2D eigenvalue weighted by atomic mass is 32.1. The molecule has 1 aliphatic heterocycles. The van der Waals surface area contributed by atoms with E-state index in [1.54, 1.807) is 11.3 Å². The summed E-state index contributed by atoms with van der Waals surface area (Å²) in [6.45, 7) is 4.35. The Kier molecular flexibility index (Phi) is 4.03. The summed E-state index contributed by atoms with van der Waals surface area (Å²) in [4.78, 5) is 8.94. The first-order chi connectivity index (χ1) is 11.3. The molecular weight excluding hydrogens is 310 g/mol. The third kappa shape index (κ3) is 3.10. The van der Waals surface area contributed by atoms with Crippen molar-refractivity contribution in [1.29, 1.82) is 0 Å². The van der Waals surface area contributed by atoms with Crippen molar-refractivity contribution in [2.45, 2.75) is 6.10 Å². The number of aromatic nitrogens is 1. The molecule has 23 heavy (non-hydrogen) atoms. The lowest BCUT2D eigenvalue weighted by molar-refractivity contribution is 0.0930. The quantitative estimate of drug-likeness (QED) is 0.798. The van der Waals surface area contributed by atoms with Crippen molar-refractivity contribution in [3.8, 4) is 0 Å². The summed E-state index contributed by atoms with van der Waals surface area (Å²) in [6, 6.07) is 9.79. The maximum absolute atomic E-state index is 10.5. The Hall–Kier alpha value is -1.89. The molecule has 120 valence electrons. The van der Waals surface area contributed by atoms with E-state index in [4.69, 9.17) is 4.42 Å². The van der Waals surface area contributed by atoms with Crippen molar-refractivity contribution < 1.29 is 9.52 Å². The van der Waals surface area contributed by atoms with E-state index in [-0.39, 0.29) is 0 Å². The van der Waals surface area contributed by atoms with Gasteiger partial charge in [-0.3, -0.25) is 4.90 Å². The van der Waals surface area contributed by atoms with E-state index >= 15 is 0 Å². The molecule has 1 aromatic carbocycles. The second-order valence-electron chi connectivity index (χ2n) is 5.80. The van der Waals surface area contributed by atoms with Gasteiger partial charge < -0.3 is 14.4 Å². The van der Waals surface area contributed by atoms with E-state index in [0.717, 1.165) is 42.3 Å². The smallest absolute Gasteiger partial charge is 0.185 e. The summed E-state index contributed by atoms with van der Waals surface area (Å²) < 4.78 is 5.76. The second-order valence-corrected chi connectivity index (χ2v) is 6.68. The number of aliphatic hydroxyl groups excluding tert-OH is 1. The molecule has 4 rings (SSSR count). The number of rotatable bonds is 4. The number of fused-ring (bicyclic) bond motifs is 1. The van der Waals surface area contributed by atoms with Crippen LogP contribution in [0.4, 0.5) is 5.13 Å². The van der Waals surface area contributed by atoms with Crippen LogP contribution < -0.4 is 4.90 Å². The lowest BCUT2D eigenvalue weighted by Gasteiger charge is -2.35. The number of nitrogens with zero attached hydrogens (tertiary/aromatic N) is 3. The fraction of sp³-hybridized carbons (Fsp3) is 0.353. The largest absolute Gasteiger partial charge is 0.458 e. The Morgan fingerprint density at radius 1 is 1.22 bits per heavy atom. The molecule has 0 bridgehead atoms. The minimum atomic E-state index is -0.589. The SMILES string of the molecule is OC(CN1CCN(c2nccs2)CC1)c1cc2ccccc2o1. The van der Waals surface area contributed by atoms with Gasteiger partial charge in [0.2, 0.25) is 0 Å². The van der Waals surface area contributed by atoms with Gasteiger partial charge in [0.15, 0.2) is 5.13 Å². The molecule has 2 aromatic heterocycles. The molecule has 3 heterocycles. The van der Waals surface area contributed by atoms with Gasteiger partial charge >= 0.3 is 0 Å². The van der Waals surface area contributed by atoms with E-state index < -0.39 is 6.10 Å². The summed E-state index contributed by atoms with van der Waals surface area (Å²) in [5.41, 5.74) is 0.829. The van der Waals surface area contributed by atoms with Crippen LogP contribution in [0.15, 0.2) is 46.3 Å². The molecule has 0 radical (unpaired) electrons. The Bertz CT molecular complexity index is 730. The molecule has 1 saturated heterocycles. The molecule has 0 spiro atoms. The maximum atomic E-state index is 10.5. The van der Waals surface area contributed by atoms with Crippen molar-refractivity contribution in [3.05, 3.63) is 47.7 Å². The van der Waals surface area contributed by atoms with E-state index in [0.29, 0.717) is 12.3 Å². The average molecular weight is 329 g/mol. The van der Waals surface area contributed by atoms with Crippen LogP contribution in [0.25, 0.3) is 11.0 Å². The number of furan rings is 1. The lowest BCUT2D eigenvalue weighted by atomic mass is 10.2. The monoisotopic (exact) mass is 329 g/mol. The van der Waals surface area contributed by atoms with E-state index in [9.17, 15) is 5.11 Å². The number of para-hydroxylation sites is 1. The first kappa shape index (κ1) is 14.7. The molecule has 1 unspecified atom stereocenters. The van der Waals surface area contributed by atoms with Crippen LogP contribution in [-0.2, 0) is 0 Å². The van der Waals surface area contributed by atoms with Crippen LogP contribution in [0, 0.1) is 0 Å². The average Bonchev–Trinajstić information content (AvgIpc) is 3.25. The lowest BCUT2D eigenvalue weighted by Crippen LogP contribution is -2.47. The molecule has 6 heteroatoms. The summed E-state index contributed by atoms with van der Waals surface area (Å²) >= 11 is 1.68. The summed E-state index contributed by atoms with van der Waals surface area (Å²) in [7, 11) is 0. The number of thiazole rings is 1. The summed E-state index contributed by atoms with van der Waals surface area (Å²) in [5, 5.41) is 14.6. The minimum Gasteiger partial charge on any atom is -0.458 e. The number of piperazine rings is 1. The zero-order chi connectivity index (χ0) is 15.6. The highest BCUT2D eigenvalue weighted by Gasteiger charge is 2.22. The highest BCUT2D eigenvalue weighted by molar-refractivity contribution is 7.13. The summed E-state index contributed by atoms with van der Waals surface area (Å²) in [6.07, 6.45) is 1.26. The van der Waals surface area contributed by atoms with E-state index in [1.165, 1.54) is 0 Å². The van der Waals surface area contributed by atoms with Gasteiger partial charge in [-0.15, -0.1) is 11.3 Å². The minimum absolute atomic E-state index is 0.589. The standard InChI is InChI=1S/C17H19N3O2S/c21-14(16-11-13-3-1-2-4-15(13)22-16)12-19-6-8-20(9-7-19)17-18-5-10-23-17/h1-5,10-11,14,21H,6-9,12H2. The van der Waals surface area contributed by atoms with Gasteiger partial charge in [-0.05, 0) is 12.1 Å². The van der Waals surface area contributed by atoms with Gasteiger partial charge in [-0.25, -0.2) is 4.98 Å². The normalized spacial score (nSPS) is 17.7. The van der Waals surface area contributed by atoms with Crippen LogP contribution in [0.3, 0.4) is 0 Å². The Labute approximate surface area is 138 Å². The molecule has 1 aliphatic rings. The molecular formula is C17H19N3O2S. The van der Waals surface area contributed by atoms with Crippen molar-refractivity contribution >= 4 is 27.4 Å². The van der Waals surface area contributed by atoms with Crippen LogP contribution in [0.5, 0.6) is 0 Å². The van der Waals surface area contributed by atoms with Crippen molar-refractivity contribution in [3.63, 3.8) is 0 Å². The van der Waals surface area contributed by atoms with Gasteiger partial charge in [0.25, 0.3) is 0 Å². The second kappa shape index (κ2) is 6.31. The van der Waals surface area contributed by atoms with E-state index in [1.807, 2.05) is 41.9 Å². The molecule has 0 aliphatic carbocycles. The molecule has 3 aromatic rings. The van der Waals surface area contributed by atoms with Crippen LogP contribution in [-0.4, -0.2) is 47.7 Å². The first-order valence-electron chi connectivity index (χ1n) is 7.83. The number of benzene rings is 1. The fourth-order valence-electron chi connectivity index (χ4n) is 2.99.